The number of rotatable bonds is 5. The van der Waals surface area contributed by atoms with Crippen molar-refractivity contribution in [1.82, 2.24) is 9.88 Å². The molecule has 3 aromatic rings. The highest BCUT2D eigenvalue weighted by atomic mass is 16.1. The lowest BCUT2D eigenvalue weighted by atomic mass is 9.78. The van der Waals surface area contributed by atoms with Gasteiger partial charge in [0.25, 0.3) is 5.56 Å². The third-order valence-electron chi connectivity index (χ3n) is 5.30. The lowest BCUT2D eigenvalue weighted by Gasteiger charge is -2.23. The molecule has 0 fully saturated rings. The number of nitrogens with one attached hydrogen (secondary N) is 1. The standard InChI is InChI=1S/C26H27N3O/c1-5-21-15-22-11-12-23(16-24(22)28-25(21)30)26(2,18-27)17-20-9-6-8-19(14-20)10-7-13-29(3)4/h6,8-9,11-12,14-16H,5,13,17H2,1-4H3,(H,28,30). The summed E-state index contributed by atoms with van der Waals surface area (Å²) in [5.74, 6) is 6.34. The summed E-state index contributed by atoms with van der Waals surface area (Å²) in [6.45, 7) is 4.61. The van der Waals surface area contributed by atoms with Crippen LogP contribution in [-0.2, 0) is 18.3 Å². The zero-order chi connectivity index (χ0) is 21.7. The molecule has 4 nitrogen and oxygen atoms in total. The van der Waals surface area contributed by atoms with Gasteiger partial charge in [-0.15, -0.1) is 0 Å². The first-order valence-electron chi connectivity index (χ1n) is 10.1. The second-order valence-electron chi connectivity index (χ2n) is 8.14. The van der Waals surface area contributed by atoms with Crippen LogP contribution in [0, 0.1) is 23.2 Å². The van der Waals surface area contributed by atoms with Crippen LogP contribution in [0.25, 0.3) is 10.9 Å². The van der Waals surface area contributed by atoms with Crippen molar-refractivity contribution in [1.29, 1.82) is 5.26 Å². The lowest BCUT2D eigenvalue weighted by Crippen LogP contribution is -2.23. The Morgan fingerprint density at radius 1 is 1.13 bits per heavy atom. The third kappa shape index (κ3) is 4.79. The van der Waals surface area contributed by atoms with E-state index >= 15 is 0 Å². The predicted octanol–water partition coefficient (Wildman–Crippen LogP) is 4.03. The van der Waals surface area contributed by atoms with Gasteiger partial charge >= 0.3 is 0 Å². The number of aromatic amines is 1. The summed E-state index contributed by atoms with van der Waals surface area (Å²) in [6.07, 6.45) is 1.26. The van der Waals surface area contributed by atoms with E-state index in [4.69, 9.17) is 0 Å². The van der Waals surface area contributed by atoms with Crippen LogP contribution in [0.15, 0.2) is 53.3 Å². The van der Waals surface area contributed by atoms with Crippen LogP contribution in [0.3, 0.4) is 0 Å². The number of H-pyrrole nitrogens is 1. The van der Waals surface area contributed by atoms with E-state index in [1.54, 1.807) is 0 Å². The minimum atomic E-state index is -0.718. The van der Waals surface area contributed by atoms with Crippen molar-refractivity contribution in [3.05, 3.63) is 81.1 Å². The molecule has 0 aliphatic carbocycles. The Balaban J connectivity index is 1.93. The smallest absolute Gasteiger partial charge is 0.251 e. The molecule has 1 heterocycles. The number of fused-ring (bicyclic) bond motifs is 1. The number of hydrogen-bond acceptors (Lipinski definition) is 3. The van der Waals surface area contributed by atoms with Gasteiger partial charge in [-0.3, -0.25) is 9.69 Å². The third-order valence-corrected chi connectivity index (χ3v) is 5.30. The summed E-state index contributed by atoms with van der Waals surface area (Å²) in [7, 11) is 3.98. The van der Waals surface area contributed by atoms with Gasteiger partial charge in [0, 0.05) is 16.6 Å². The van der Waals surface area contributed by atoms with Gasteiger partial charge in [0.15, 0.2) is 0 Å². The second-order valence-corrected chi connectivity index (χ2v) is 8.14. The van der Waals surface area contributed by atoms with Crippen LogP contribution < -0.4 is 5.56 Å². The molecule has 0 saturated heterocycles. The largest absolute Gasteiger partial charge is 0.322 e. The van der Waals surface area contributed by atoms with Gasteiger partial charge in [-0.1, -0.05) is 43.0 Å². The first kappa shape index (κ1) is 21.4. The molecule has 152 valence electrons. The Hall–Kier alpha value is -3.34. The maximum absolute atomic E-state index is 12.2. The first-order valence-corrected chi connectivity index (χ1v) is 10.1. The Labute approximate surface area is 178 Å². The van der Waals surface area contributed by atoms with Crippen molar-refractivity contribution in [2.75, 3.05) is 20.6 Å². The number of aromatic nitrogens is 1. The van der Waals surface area contributed by atoms with E-state index in [-0.39, 0.29) is 5.56 Å². The quantitative estimate of drug-likeness (QED) is 0.662. The summed E-state index contributed by atoms with van der Waals surface area (Å²) >= 11 is 0. The van der Waals surface area contributed by atoms with Gasteiger partial charge in [0.05, 0.1) is 18.0 Å². The van der Waals surface area contributed by atoms with Gasteiger partial charge in [0.1, 0.15) is 0 Å². The van der Waals surface area contributed by atoms with Gasteiger partial charge in [-0.05, 0) is 74.6 Å². The highest BCUT2D eigenvalue weighted by Gasteiger charge is 2.27. The molecule has 4 heteroatoms. The molecule has 1 aromatic heterocycles. The number of nitriles is 1. The maximum Gasteiger partial charge on any atom is 0.251 e. The molecule has 30 heavy (non-hydrogen) atoms. The summed E-state index contributed by atoms with van der Waals surface area (Å²) in [5, 5.41) is 11.0. The fourth-order valence-corrected chi connectivity index (χ4v) is 3.53. The van der Waals surface area contributed by atoms with Gasteiger partial charge in [-0.25, -0.2) is 0 Å². The Morgan fingerprint density at radius 2 is 1.93 bits per heavy atom. The second kappa shape index (κ2) is 8.99. The Bertz CT molecular complexity index is 1220. The zero-order valence-corrected chi connectivity index (χ0v) is 18.0. The average Bonchev–Trinajstić information content (AvgIpc) is 2.72. The number of benzene rings is 2. The van der Waals surface area contributed by atoms with Crippen LogP contribution in [0.4, 0.5) is 0 Å². The van der Waals surface area contributed by atoms with Gasteiger partial charge < -0.3 is 4.98 Å². The molecule has 0 amide bonds. The molecule has 1 N–H and O–H groups in total. The van der Waals surface area contributed by atoms with E-state index in [0.717, 1.165) is 33.2 Å². The maximum atomic E-state index is 12.2. The van der Waals surface area contributed by atoms with E-state index in [0.29, 0.717) is 19.4 Å². The molecule has 0 bridgehead atoms. The first-order chi connectivity index (χ1) is 14.3. The van der Waals surface area contributed by atoms with Crippen LogP contribution in [0.1, 0.15) is 36.1 Å². The minimum Gasteiger partial charge on any atom is -0.322 e. The monoisotopic (exact) mass is 397 g/mol. The topological polar surface area (TPSA) is 59.9 Å². The van der Waals surface area contributed by atoms with Crippen molar-refractivity contribution in [2.24, 2.45) is 0 Å². The van der Waals surface area contributed by atoms with Crippen molar-refractivity contribution in [2.45, 2.75) is 32.1 Å². The van der Waals surface area contributed by atoms with Crippen molar-refractivity contribution < 1.29 is 0 Å². The van der Waals surface area contributed by atoms with E-state index in [9.17, 15) is 10.1 Å². The minimum absolute atomic E-state index is 0.0650. The molecule has 0 spiro atoms. The van der Waals surface area contributed by atoms with E-state index < -0.39 is 5.41 Å². The highest BCUT2D eigenvalue weighted by Crippen LogP contribution is 2.30. The van der Waals surface area contributed by atoms with Gasteiger partial charge in [0.2, 0.25) is 0 Å². The Morgan fingerprint density at radius 3 is 2.63 bits per heavy atom. The summed E-state index contributed by atoms with van der Waals surface area (Å²) < 4.78 is 0. The molecular weight excluding hydrogens is 370 g/mol. The van der Waals surface area contributed by atoms with E-state index in [1.165, 1.54) is 0 Å². The Kier molecular flexibility index (Phi) is 6.40. The molecule has 0 saturated carbocycles. The van der Waals surface area contributed by atoms with Crippen LogP contribution >= 0.6 is 0 Å². The van der Waals surface area contributed by atoms with Crippen LogP contribution in [-0.4, -0.2) is 30.5 Å². The lowest BCUT2D eigenvalue weighted by molar-refractivity contribution is 0.464. The summed E-state index contributed by atoms with van der Waals surface area (Å²) in [4.78, 5) is 17.2. The molecule has 0 radical (unpaired) electrons. The number of nitrogens with zero attached hydrogens (tertiary/aromatic N) is 2. The predicted molar refractivity (Wildman–Crippen MR) is 122 cm³/mol. The summed E-state index contributed by atoms with van der Waals surface area (Å²) in [5.41, 5.74) is 3.65. The fraction of sp³-hybridized carbons (Fsp3) is 0.308. The molecule has 1 atom stereocenters. The normalized spacial score (nSPS) is 12.8. The molecular formula is C26H27N3O. The number of pyridine rings is 1. The molecule has 3 rings (SSSR count). The van der Waals surface area contributed by atoms with Gasteiger partial charge in [-0.2, -0.15) is 5.26 Å². The SMILES string of the molecule is CCc1cc2ccc(C(C)(C#N)Cc3cccc(C#CCN(C)C)c3)cc2[nH]c1=O. The average molecular weight is 398 g/mol. The van der Waals surface area contributed by atoms with E-state index in [1.807, 2.05) is 75.3 Å². The molecule has 2 aromatic carbocycles. The van der Waals surface area contributed by atoms with Crippen molar-refractivity contribution >= 4 is 10.9 Å². The molecule has 0 aliphatic rings. The highest BCUT2D eigenvalue weighted by molar-refractivity contribution is 5.80. The van der Waals surface area contributed by atoms with Crippen LogP contribution in [0.5, 0.6) is 0 Å². The molecule has 1 unspecified atom stereocenters. The van der Waals surface area contributed by atoms with E-state index in [2.05, 4.69) is 29.0 Å². The number of aryl methyl sites for hydroxylation is 1. The van der Waals surface area contributed by atoms with Crippen molar-refractivity contribution in [3.63, 3.8) is 0 Å². The fourth-order valence-electron chi connectivity index (χ4n) is 3.53. The van der Waals surface area contributed by atoms with Crippen LogP contribution in [0.2, 0.25) is 0 Å². The zero-order valence-electron chi connectivity index (χ0n) is 18.0. The van der Waals surface area contributed by atoms with Crippen molar-refractivity contribution in [3.8, 4) is 17.9 Å². The summed E-state index contributed by atoms with van der Waals surface area (Å²) in [6, 6.07) is 18.4. The number of hydrogen-bond donors (Lipinski definition) is 1. The molecule has 0 aliphatic heterocycles.